The molecule has 148 valence electrons. The monoisotopic (exact) mass is 375 g/mol. The number of rotatable bonds is 6. The molecular formula is C20H29N3O4. The third-order valence-corrected chi connectivity index (χ3v) is 5.15. The maximum absolute atomic E-state index is 12.5. The number of ether oxygens (including phenoxy) is 2. The molecule has 3 rings (SSSR count). The fourth-order valence-electron chi connectivity index (χ4n) is 3.57. The van der Waals surface area contributed by atoms with Crippen LogP contribution in [0.2, 0.25) is 0 Å². The summed E-state index contributed by atoms with van der Waals surface area (Å²) in [6, 6.07) is 7.85. The van der Waals surface area contributed by atoms with E-state index in [0.29, 0.717) is 45.7 Å². The first-order valence-corrected chi connectivity index (χ1v) is 9.64. The number of methoxy groups -OCH3 is 1. The Morgan fingerprint density at radius 2 is 2.07 bits per heavy atom. The van der Waals surface area contributed by atoms with E-state index in [4.69, 9.17) is 9.47 Å². The molecule has 0 saturated carbocycles. The van der Waals surface area contributed by atoms with Gasteiger partial charge in [-0.1, -0.05) is 12.1 Å². The highest BCUT2D eigenvalue weighted by Crippen LogP contribution is 2.18. The normalized spacial score (nSPS) is 21.6. The maximum Gasteiger partial charge on any atom is 0.234 e. The Kier molecular flexibility index (Phi) is 7.06. The van der Waals surface area contributed by atoms with Gasteiger partial charge in [0.1, 0.15) is 5.75 Å². The molecule has 1 atom stereocenters. The number of carbonyl (C=O) groups excluding carboxylic acids is 2. The minimum atomic E-state index is 0.0376. The van der Waals surface area contributed by atoms with Crippen LogP contribution in [-0.4, -0.2) is 74.2 Å². The van der Waals surface area contributed by atoms with E-state index in [0.717, 1.165) is 30.8 Å². The number of nitrogens with one attached hydrogen (secondary N) is 1. The van der Waals surface area contributed by atoms with E-state index in [1.807, 2.05) is 29.2 Å². The topological polar surface area (TPSA) is 71.1 Å². The van der Waals surface area contributed by atoms with Crippen LogP contribution in [0.15, 0.2) is 24.3 Å². The Bertz CT molecular complexity index is 646. The molecule has 1 unspecified atom stereocenters. The molecule has 2 heterocycles. The zero-order valence-electron chi connectivity index (χ0n) is 16.0. The molecule has 2 aliphatic heterocycles. The lowest BCUT2D eigenvalue weighted by Crippen LogP contribution is -2.46. The van der Waals surface area contributed by atoms with E-state index >= 15 is 0 Å². The lowest BCUT2D eigenvalue weighted by atomic mass is 10.1. The number of hydrogen-bond donors (Lipinski definition) is 1. The number of benzene rings is 1. The predicted octanol–water partition coefficient (Wildman–Crippen LogP) is 1.02. The Morgan fingerprint density at radius 1 is 1.26 bits per heavy atom. The van der Waals surface area contributed by atoms with Gasteiger partial charge in [-0.15, -0.1) is 0 Å². The van der Waals surface area contributed by atoms with Crippen molar-refractivity contribution in [2.24, 2.45) is 0 Å². The van der Waals surface area contributed by atoms with Gasteiger partial charge in [-0.05, 0) is 30.5 Å². The van der Waals surface area contributed by atoms with Crippen molar-refractivity contribution in [2.45, 2.75) is 31.8 Å². The molecule has 1 aromatic rings. The quantitative estimate of drug-likeness (QED) is 0.804. The van der Waals surface area contributed by atoms with E-state index in [1.165, 1.54) is 0 Å². The fourth-order valence-corrected chi connectivity index (χ4v) is 3.57. The third-order valence-electron chi connectivity index (χ3n) is 5.15. The van der Waals surface area contributed by atoms with Crippen molar-refractivity contribution in [3.05, 3.63) is 29.8 Å². The van der Waals surface area contributed by atoms with Crippen molar-refractivity contribution < 1.29 is 19.1 Å². The van der Waals surface area contributed by atoms with Crippen molar-refractivity contribution in [1.29, 1.82) is 0 Å². The molecule has 2 saturated heterocycles. The number of amides is 2. The van der Waals surface area contributed by atoms with Gasteiger partial charge >= 0.3 is 0 Å². The summed E-state index contributed by atoms with van der Waals surface area (Å²) in [6.45, 7) is 4.59. The largest absolute Gasteiger partial charge is 0.497 e. The van der Waals surface area contributed by atoms with Crippen molar-refractivity contribution in [2.75, 3.05) is 46.5 Å². The summed E-state index contributed by atoms with van der Waals surface area (Å²) in [6.07, 6.45) is 1.94. The molecule has 0 spiro atoms. The van der Waals surface area contributed by atoms with Crippen molar-refractivity contribution in [3.63, 3.8) is 0 Å². The second kappa shape index (κ2) is 9.71. The molecule has 7 heteroatoms. The summed E-state index contributed by atoms with van der Waals surface area (Å²) in [5, 5.41) is 3.11. The first-order valence-electron chi connectivity index (χ1n) is 9.64. The van der Waals surface area contributed by atoms with Crippen molar-refractivity contribution >= 4 is 11.8 Å². The van der Waals surface area contributed by atoms with Gasteiger partial charge in [0.15, 0.2) is 0 Å². The van der Waals surface area contributed by atoms with Crippen LogP contribution in [0, 0.1) is 0 Å². The Morgan fingerprint density at radius 3 is 2.85 bits per heavy atom. The maximum atomic E-state index is 12.5. The van der Waals surface area contributed by atoms with Crippen molar-refractivity contribution in [1.82, 2.24) is 15.1 Å². The molecule has 2 amide bonds. The Balaban J connectivity index is 1.49. The summed E-state index contributed by atoms with van der Waals surface area (Å²) < 4.78 is 10.6. The minimum Gasteiger partial charge on any atom is -0.497 e. The van der Waals surface area contributed by atoms with Crippen LogP contribution < -0.4 is 10.1 Å². The number of nitrogens with zero attached hydrogens (tertiary/aromatic N) is 2. The molecule has 0 bridgehead atoms. The molecule has 2 aliphatic rings. The molecule has 1 N–H and O–H groups in total. The van der Waals surface area contributed by atoms with Gasteiger partial charge in [0, 0.05) is 38.6 Å². The van der Waals surface area contributed by atoms with Gasteiger partial charge in [-0.3, -0.25) is 14.5 Å². The third kappa shape index (κ3) is 5.94. The molecule has 0 radical (unpaired) electrons. The highest BCUT2D eigenvalue weighted by Gasteiger charge is 2.24. The van der Waals surface area contributed by atoms with E-state index in [1.54, 1.807) is 7.11 Å². The Hall–Kier alpha value is -2.12. The first-order chi connectivity index (χ1) is 13.1. The highest BCUT2D eigenvalue weighted by atomic mass is 16.5. The minimum absolute atomic E-state index is 0.0376. The van der Waals surface area contributed by atoms with Crippen LogP contribution in [0.3, 0.4) is 0 Å². The molecular weight excluding hydrogens is 346 g/mol. The number of likely N-dealkylation sites (tertiary alicyclic amines) is 1. The second-order valence-corrected chi connectivity index (χ2v) is 7.15. The summed E-state index contributed by atoms with van der Waals surface area (Å²) in [4.78, 5) is 28.8. The van der Waals surface area contributed by atoms with Gasteiger partial charge in [0.2, 0.25) is 11.8 Å². The zero-order valence-corrected chi connectivity index (χ0v) is 16.0. The summed E-state index contributed by atoms with van der Waals surface area (Å²) in [5.41, 5.74) is 1.05. The van der Waals surface area contributed by atoms with Crippen LogP contribution in [-0.2, 0) is 20.9 Å². The van der Waals surface area contributed by atoms with Crippen LogP contribution >= 0.6 is 0 Å². The lowest BCUT2D eigenvalue weighted by Gasteiger charge is -2.27. The zero-order chi connectivity index (χ0) is 19.1. The average Bonchev–Trinajstić information content (AvgIpc) is 2.85. The van der Waals surface area contributed by atoms with E-state index < -0.39 is 0 Å². The molecule has 2 fully saturated rings. The van der Waals surface area contributed by atoms with Crippen LogP contribution in [0.4, 0.5) is 0 Å². The fraction of sp³-hybridized carbons (Fsp3) is 0.600. The smallest absolute Gasteiger partial charge is 0.234 e. The number of carbonyl (C=O) groups is 2. The second-order valence-electron chi connectivity index (χ2n) is 7.15. The Labute approximate surface area is 160 Å². The lowest BCUT2D eigenvalue weighted by molar-refractivity contribution is -0.131. The SMILES string of the molecule is COc1cccc(CN2CCC(NC(=O)CN3CCOCC3)CCC2=O)c1. The number of hydrogen-bond acceptors (Lipinski definition) is 5. The van der Waals surface area contributed by atoms with E-state index in [2.05, 4.69) is 10.2 Å². The van der Waals surface area contributed by atoms with E-state index in [9.17, 15) is 9.59 Å². The molecule has 7 nitrogen and oxygen atoms in total. The molecule has 27 heavy (non-hydrogen) atoms. The average molecular weight is 375 g/mol. The first kappa shape index (κ1) is 19.6. The summed E-state index contributed by atoms with van der Waals surface area (Å²) in [7, 11) is 1.64. The van der Waals surface area contributed by atoms with E-state index in [-0.39, 0.29) is 17.9 Å². The molecule has 0 aliphatic carbocycles. The van der Waals surface area contributed by atoms with Gasteiger partial charge in [-0.2, -0.15) is 0 Å². The van der Waals surface area contributed by atoms with Gasteiger partial charge in [-0.25, -0.2) is 0 Å². The van der Waals surface area contributed by atoms with Gasteiger partial charge in [0.05, 0.1) is 26.9 Å². The standard InChI is InChI=1S/C20H29N3O4/c1-26-18-4-2-3-16(13-18)14-23-8-7-17(5-6-20(23)25)21-19(24)15-22-9-11-27-12-10-22/h2-4,13,17H,5-12,14-15H2,1H3,(H,21,24). The highest BCUT2D eigenvalue weighted by molar-refractivity contribution is 5.79. The molecule has 1 aromatic carbocycles. The van der Waals surface area contributed by atoms with Crippen LogP contribution in [0.25, 0.3) is 0 Å². The predicted molar refractivity (Wildman–Crippen MR) is 101 cm³/mol. The van der Waals surface area contributed by atoms with Crippen LogP contribution in [0.5, 0.6) is 5.75 Å². The van der Waals surface area contributed by atoms with Crippen LogP contribution in [0.1, 0.15) is 24.8 Å². The van der Waals surface area contributed by atoms with Crippen molar-refractivity contribution in [3.8, 4) is 5.75 Å². The van der Waals surface area contributed by atoms with Gasteiger partial charge in [0.25, 0.3) is 0 Å². The van der Waals surface area contributed by atoms with Gasteiger partial charge < -0.3 is 19.7 Å². The molecule has 0 aromatic heterocycles. The summed E-state index contributed by atoms with van der Waals surface area (Å²) in [5.74, 6) is 0.973. The summed E-state index contributed by atoms with van der Waals surface area (Å²) >= 11 is 0. The number of morpholine rings is 1.